The zero-order valence-electron chi connectivity index (χ0n) is 14.5. The van der Waals surface area contributed by atoms with Crippen LogP contribution in [0.15, 0.2) is 15.2 Å². The van der Waals surface area contributed by atoms with Crippen molar-refractivity contribution in [3.05, 3.63) is 27.1 Å². The molecule has 10 heteroatoms. The maximum Gasteiger partial charge on any atom is 0.275 e. The van der Waals surface area contributed by atoms with Crippen molar-refractivity contribution >= 4 is 44.5 Å². The number of fused-ring (bicyclic) bond motifs is 1. The number of nitrogens with zero attached hydrogens (tertiary/aromatic N) is 5. The van der Waals surface area contributed by atoms with Crippen LogP contribution < -0.4 is 10.9 Å². The number of aromatic nitrogens is 5. The molecule has 1 aliphatic rings. The van der Waals surface area contributed by atoms with E-state index < -0.39 is 0 Å². The number of nitrogens with one attached hydrogen (secondary N) is 1. The normalized spacial score (nSPS) is 15.6. The van der Waals surface area contributed by atoms with Crippen LogP contribution in [0, 0.1) is 0 Å². The average Bonchev–Trinajstić information content (AvgIpc) is 3.27. The van der Waals surface area contributed by atoms with Crippen molar-refractivity contribution in [2.75, 3.05) is 5.32 Å². The second-order valence-corrected chi connectivity index (χ2v) is 9.51. The zero-order chi connectivity index (χ0) is 17.9. The van der Waals surface area contributed by atoms with Gasteiger partial charge in [0.05, 0.1) is 5.69 Å². The van der Waals surface area contributed by atoms with Crippen molar-refractivity contribution in [2.24, 2.45) is 0 Å². The number of hydrogen-bond acceptors (Lipinski definition) is 9. The molecule has 0 aromatic carbocycles. The summed E-state index contributed by atoms with van der Waals surface area (Å²) in [6.07, 6.45) is 7.15. The number of anilines is 1. The van der Waals surface area contributed by atoms with Gasteiger partial charge in [-0.2, -0.15) is 9.61 Å². The summed E-state index contributed by atoms with van der Waals surface area (Å²) >= 11 is 4.60. The summed E-state index contributed by atoms with van der Waals surface area (Å²) < 4.78 is 2.28. The molecule has 0 bridgehead atoms. The lowest BCUT2D eigenvalue weighted by atomic mass is 9.96. The van der Waals surface area contributed by atoms with E-state index in [1.165, 1.54) is 48.0 Å². The number of hydrogen-bond donors (Lipinski definition) is 1. The summed E-state index contributed by atoms with van der Waals surface area (Å²) in [6, 6.07) is 2.08. The van der Waals surface area contributed by atoms with Crippen molar-refractivity contribution in [1.82, 2.24) is 24.8 Å². The molecule has 0 spiro atoms. The minimum Gasteiger partial charge on any atom is -0.357 e. The summed E-state index contributed by atoms with van der Waals surface area (Å²) in [7, 11) is 0. The minimum absolute atomic E-state index is 0.126. The van der Waals surface area contributed by atoms with Crippen LogP contribution >= 0.6 is 34.4 Å². The molecule has 0 radical (unpaired) electrons. The van der Waals surface area contributed by atoms with Gasteiger partial charge in [0.1, 0.15) is 5.01 Å². The fourth-order valence-electron chi connectivity index (χ4n) is 3.00. The van der Waals surface area contributed by atoms with Gasteiger partial charge >= 0.3 is 0 Å². The highest BCUT2D eigenvalue weighted by Gasteiger charge is 2.15. The first-order chi connectivity index (χ1) is 12.7. The quantitative estimate of drug-likeness (QED) is 0.624. The van der Waals surface area contributed by atoms with Crippen molar-refractivity contribution < 1.29 is 0 Å². The van der Waals surface area contributed by atoms with E-state index >= 15 is 0 Å². The summed E-state index contributed by atoms with van der Waals surface area (Å²) in [5, 5.41) is 18.1. The summed E-state index contributed by atoms with van der Waals surface area (Å²) in [4.78, 5) is 17.4. The Bertz CT molecular complexity index is 943. The SMILES string of the molecule is CCc1nn2c(=O)cc(CSc3nnc(NC4CCCCC4)s3)nc2s1. The van der Waals surface area contributed by atoms with Crippen LogP contribution in [0.2, 0.25) is 0 Å². The number of rotatable bonds is 6. The third-order valence-electron chi connectivity index (χ3n) is 4.33. The average molecular weight is 409 g/mol. The molecule has 1 fully saturated rings. The highest BCUT2D eigenvalue weighted by atomic mass is 32.2. The van der Waals surface area contributed by atoms with Gasteiger partial charge in [-0.25, -0.2) is 4.98 Å². The lowest BCUT2D eigenvalue weighted by molar-refractivity contribution is 0.462. The molecule has 0 aliphatic heterocycles. The Morgan fingerprint density at radius 2 is 2.12 bits per heavy atom. The lowest BCUT2D eigenvalue weighted by Gasteiger charge is -2.21. The van der Waals surface area contributed by atoms with E-state index in [0.717, 1.165) is 26.6 Å². The molecule has 1 aliphatic carbocycles. The van der Waals surface area contributed by atoms with E-state index in [-0.39, 0.29) is 5.56 Å². The van der Waals surface area contributed by atoms with Gasteiger partial charge in [-0.15, -0.1) is 10.2 Å². The maximum absolute atomic E-state index is 12.2. The Labute approximate surface area is 163 Å². The predicted molar refractivity (Wildman–Crippen MR) is 106 cm³/mol. The molecule has 4 rings (SSSR count). The first-order valence-electron chi connectivity index (χ1n) is 8.83. The maximum atomic E-state index is 12.2. The lowest BCUT2D eigenvalue weighted by Crippen LogP contribution is -2.21. The Morgan fingerprint density at radius 3 is 2.92 bits per heavy atom. The van der Waals surface area contributed by atoms with E-state index in [4.69, 9.17) is 0 Å². The standard InChI is InChI=1S/C16H20N6OS3/c1-2-12-21-22-13(23)8-11(18-15(22)25-12)9-24-16-20-19-14(26-16)17-10-6-4-3-5-7-10/h8,10H,2-7,9H2,1H3,(H,17,19). The van der Waals surface area contributed by atoms with Gasteiger partial charge in [-0.3, -0.25) is 4.79 Å². The number of thioether (sulfide) groups is 1. The monoisotopic (exact) mass is 408 g/mol. The first-order valence-corrected chi connectivity index (χ1v) is 11.4. The second kappa shape index (κ2) is 8.01. The Morgan fingerprint density at radius 1 is 1.27 bits per heavy atom. The zero-order valence-corrected chi connectivity index (χ0v) is 16.9. The van der Waals surface area contributed by atoms with E-state index in [2.05, 4.69) is 25.6 Å². The fourth-order valence-corrected chi connectivity index (χ4v) is 5.58. The predicted octanol–water partition coefficient (Wildman–Crippen LogP) is 3.60. The molecular formula is C16H20N6OS3. The van der Waals surface area contributed by atoms with Gasteiger partial charge in [-0.05, 0) is 19.3 Å². The van der Waals surface area contributed by atoms with Crippen molar-refractivity contribution in [3.8, 4) is 0 Å². The molecular weight excluding hydrogens is 388 g/mol. The molecule has 7 nitrogen and oxygen atoms in total. The molecule has 0 atom stereocenters. The molecule has 3 heterocycles. The molecule has 0 saturated heterocycles. The van der Waals surface area contributed by atoms with Crippen LogP contribution in [-0.2, 0) is 12.2 Å². The van der Waals surface area contributed by atoms with Crippen LogP contribution in [0.1, 0.15) is 49.7 Å². The van der Waals surface area contributed by atoms with Gasteiger partial charge in [0, 0.05) is 17.9 Å². The van der Waals surface area contributed by atoms with Gasteiger partial charge in [0.25, 0.3) is 5.56 Å². The van der Waals surface area contributed by atoms with Crippen LogP contribution in [0.4, 0.5) is 5.13 Å². The summed E-state index contributed by atoms with van der Waals surface area (Å²) in [5.41, 5.74) is 0.627. The molecule has 1 saturated carbocycles. The Hall–Kier alpha value is -1.52. The fraction of sp³-hybridized carbons (Fsp3) is 0.562. The number of aryl methyl sites for hydroxylation is 1. The molecule has 1 N–H and O–H groups in total. The third-order valence-corrected chi connectivity index (χ3v) is 7.40. The van der Waals surface area contributed by atoms with Gasteiger partial charge in [0.2, 0.25) is 10.1 Å². The van der Waals surface area contributed by atoms with Gasteiger partial charge < -0.3 is 5.32 Å². The highest BCUT2D eigenvalue weighted by molar-refractivity contribution is 8.00. The first kappa shape index (κ1) is 17.9. The Balaban J connectivity index is 1.41. The summed E-state index contributed by atoms with van der Waals surface area (Å²) in [6.45, 7) is 2.02. The van der Waals surface area contributed by atoms with E-state index in [0.29, 0.717) is 16.8 Å². The molecule has 0 amide bonds. The van der Waals surface area contributed by atoms with E-state index in [9.17, 15) is 4.79 Å². The van der Waals surface area contributed by atoms with Crippen LogP contribution in [0.25, 0.3) is 4.96 Å². The van der Waals surface area contributed by atoms with E-state index in [1.54, 1.807) is 29.2 Å². The van der Waals surface area contributed by atoms with Crippen LogP contribution in [0.5, 0.6) is 0 Å². The van der Waals surface area contributed by atoms with Crippen molar-refractivity contribution in [2.45, 2.75) is 61.6 Å². The minimum atomic E-state index is -0.126. The van der Waals surface area contributed by atoms with Gasteiger partial charge in [0.15, 0.2) is 4.34 Å². The largest absolute Gasteiger partial charge is 0.357 e. The molecule has 138 valence electrons. The topological polar surface area (TPSA) is 85.1 Å². The van der Waals surface area contributed by atoms with Crippen molar-refractivity contribution in [3.63, 3.8) is 0 Å². The molecule has 0 unspecified atom stereocenters. The highest BCUT2D eigenvalue weighted by Crippen LogP contribution is 2.30. The van der Waals surface area contributed by atoms with Crippen molar-refractivity contribution in [1.29, 1.82) is 0 Å². The Kier molecular flexibility index (Phi) is 5.51. The molecule has 3 aromatic heterocycles. The van der Waals surface area contributed by atoms with Crippen LogP contribution in [0.3, 0.4) is 0 Å². The molecule has 3 aromatic rings. The summed E-state index contributed by atoms with van der Waals surface area (Å²) in [5.74, 6) is 0.600. The van der Waals surface area contributed by atoms with E-state index in [1.807, 2.05) is 6.92 Å². The second-order valence-electron chi connectivity index (χ2n) is 6.27. The third kappa shape index (κ3) is 4.07. The smallest absolute Gasteiger partial charge is 0.275 e. The molecule has 26 heavy (non-hydrogen) atoms. The van der Waals surface area contributed by atoms with Gasteiger partial charge in [-0.1, -0.05) is 60.6 Å². The van der Waals surface area contributed by atoms with Crippen LogP contribution in [-0.4, -0.2) is 30.8 Å².